The SMILES string of the molecule is C[C@@H]1C[C@H](NC(=O)C(F)(F)COc2ncccc2C(F)(F)F)CCN1C(=O)OC(C)(C)C.C[C@H]1C[C@@H](NC(=O)C(F)(F)COc2ncccc2C(F)(F)F)CCN1C(=O)OC(C)(C)C. The van der Waals surface area contributed by atoms with Crippen molar-refractivity contribution in [1.29, 1.82) is 0 Å². The smallest absolute Gasteiger partial charge is 0.421 e. The summed E-state index contributed by atoms with van der Waals surface area (Å²) >= 11 is 0. The minimum Gasteiger partial charge on any atom is -0.470 e. The van der Waals surface area contributed by atoms with Gasteiger partial charge in [-0.3, -0.25) is 9.59 Å². The lowest BCUT2D eigenvalue weighted by Gasteiger charge is -2.38. The molecule has 4 atom stereocenters. The molecule has 14 nitrogen and oxygen atoms in total. The van der Waals surface area contributed by atoms with Crippen molar-refractivity contribution in [3.63, 3.8) is 0 Å². The van der Waals surface area contributed by atoms with Crippen molar-refractivity contribution in [1.82, 2.24) is 30.4 Å². The van der Waals surface area contributed by atoms with Crippen molar-refractivity contribution >= 4 is 24.0 Å². The molecule has 0 saturated carbocycles. The number of ether oxygens (including phenoxy) is 4. The Morgan fingerprint density at radius 3 is 1.22 bits per heavy atom. The third-order valence-electron chi connectivity index (χ3n) is 9.28. The van der Waals surface area contributed by atoms with Crippen LogP contribution >= 0.6 is 0 Å². The molecule has 2 aromatic heterocycles. The molecule has 0 unspecified atom stereocenters. The predicted octanol–water partition coefficient (Wildman–Crippen LogP) is 8.04. The molecule has 4 amide bonds. The van der Waals surface area contributed by atoms with Gasteiger partial charge in [-0.25, -0.2) is 19.6 Å². The zero-order chi connectivity index (χ0) is 48.6. The Balaban J connectivity index is 0.000000340. The van der Waals surface area contributed by atoms with Crippen LogP contribution in [0.4, 0.5) is 53.5 Å². The van der Waals surface area contributed by atoms with Crippen LogP contribution in [0.5, 0.6) is 11.8 Å². The second kappa shape index (κ2) is 20.7. The maximum absolute atomic E-state index is 14.2. The highest BCUT2D eigenvalue weighted by Gasteiger charge is 2.45. The maximum Gasteiger partial charge on any atom is 0.421 e. The van der Waals surface area contributed by atoms with Gasteiger partial charge in [0.25, 0.3) is 11.8 Å². The number of likely N-dealkylation sites (tertiary alicyclic amines) is 2. The molecule has 0 bridgehead atoms. The molecule has 2 fully saturated rings. The van der Waals surface area contributed by atoms with Gasteiger partial charge in [0, 0.05) is 49.7 Å². The number of alkyl halides is 10. The molecule has 2 aromatic rings. The van der Waals surface area contributed by atoms with Gasteiger partial charge in [-0.15, -0.1) is 0 Å². The van der Waals surface area contributed by atoms with Gasteiger partial charge in [0.1, 0.15) is 22.3 Å². The third-order valence-corrected chi connectivity index (χ3v) is 9.28. The lowest BCUT2D eigenvalue weighted by molar-refractivity contribution is -0.153. The second-order valence-corrected chi connectivity index (χ2v) is 17.1. The van der Waals surface area contributed by atoms with Gasteiger partial charge in [0.2, 0.25) is 11.8 Å². The predicted molar refractivity (Wildman–Crippen MR) is 206 cm³/mol. The number of aromatic nitrogens is 2. The van der Waals surface area contributed by atoms with Gasteiger partial charge in [0.15, 0.2) is 13.2 Å². The number of amides is 4. The third kappa shape index (κ3) is 16.0. The molecule has 4 rings (SSSR count). The highest BCUT2D eigenvalue weighted by Crippen LogP contribution is 2.36. The lowest BCUT2D eigenvalue weighted by atomic mass is 9.98. The molecule has 2 aliphatic rings. The Morgan fingerprint density at radius 2 is 0.938 bits per heavy atom. The quantitative estimate of drug-likeness (QED) is 0.223. The summed E-state index contributed by atoms with van der Waals surface area (Å²) in [5.41, 5.74) is -4.02. The number of hydrogen-bond donors (Lipinski definition) is 2. The van der Waals surface area contributed by atoms with Crippen molar-refractivity contribution in [3.8, 4) is 11.8 Å². The summed E-state index contributed by atoms with van der Waals surface area (Å²) < 4.78 is 154. The normalized spacial score (nSPS) is 20.0. The lowest BCUT2D eigenvalue weighted by Crippen LogP contribution is -2.55. The summed E-state index contributed by atoms with van der Waals surface area (Å²) in [6.07, 6.45) is -8.01. The van der Waals surface area contributed by atoms with Crippen molar-refractivity contribution in [2.24, 2.45) is 0 Å². The van der Waals surface area contributed by atoms with Crippen LogP contribution in [0.15, 0.2) is 36.7 Å². The van der Waals surface area contributed by atoms with Crippen molar-refractivity contribution in [3.05, 3.63) is 47.8 Å². The molecule has 0 aliphatic carbocycles. The summed E-state index contributed by atoms with van der Waals surface area (Å²) in [6.45, 7) is 10.9. The molecule has 2 N–H and O–H groups in total. The minimum atomic E-state index is -4.85. The van der Waals surface area contributed by atoms with Crippen molar-refractivity contribution in [2.45, 2.75) is 141 Å². The molecule has 4 heterocycles. The number of carbonyl (C=O) groups is 4. The van der Waals surface area contributed by atoms with E-state index in [4.69, 9.17) is 9.47 Å². The molecule has 0 aromatic carbocycles. The van der Waals surface area contributed by atoms with Crippen molar-refractivity contribution in [2.75, 3.05) is 26.3 Å². The van der Waals surface area contributed by atoms with E-state index in [1.807, 2.05) is 0 Å². The van der Waals surface area contributed by atoms with Crippen LogP contribution in [0.1, 0.15) is 92.2 Å². The Labute approximate surface area is 362 Å². The molecule has 64 heavy (non-hydrogen) atoms. The van der Waals surface area contributed by atoms with Crippen LogP contribution in [-0.2, 0) is 31.4 Å². The number of rotatable bonds is 10. The monoisotopic (exact) mass is 934 g/mol. The second-order valence-electron chi connectivity index (χ2n) is 17.1. The van der Waals surface area contributed by atoms with Gasteiger partial charge in [-0.05, 0) is 105 Å². The average molecular weight is 935 g/mol. The van der Waals surface area contributed by atoms with E-state index in [0.29, 0.717) is 12.1 Å². The number of piperidine rings is 2. The van der Waals surface area contributed by atoms with Gasteiger partial charge >= 0.3 is 36.4 Å². The van der Waals surface area contributed by atoms with Crippen LogP contribution in [0.3, 0.4) is 0 Å². The summed E-state index contributed by atoms with van der Waals surface area (Å²) in [6, 6.07) is 1.20. The minimum absolute atomic E-state index is 0.186. The first kappa shape index (κ1) is 53.0. The average Bonchev–Trinajstić information content (AvgIpc) is 3.14. The first-order chi connectivity index (χ1) is 29.2. The molecule has 2 saturated heterocycles. The highest BCUT2D eigenvalue weighted by molar-refractivity contribution is 5.84. The fourth-order valence-corrected chi connectivity index (χ4v) is 6.26. The topological polar surface area (TPSA) is 162 Å². The number of pyridine rings is 2. The zero-order valence-corrected chi connectivity index (χ0v) is 36.3. The molecule has 0 spiro atoms. The Hall–Kier alpha value is -5.32. The van der Waals surface area contributed by atoms with E-state index >= 15 is 0 Å². The number of carbonyl (C=O) groups excluding carboxylic acids is 4. The first-order valence-electron chi connectivity index (χ1n) is 19.9. The van der Waals surface area contributed by atoms with E-state index in [1.54, 1.807) is 55.4 Å². The van der Waals surface area contributed by atoms with Gasteiger partial charge < -0.3 is 39.4 Å². The summed E-state index contributed by atoms with van der Waals surface area (Å²) in [5.74, 6) is -13.6. The Morgan fingerprint density at radius 1 is 0.609 bits per heavy atom. The number of halogens is 10. The molecule has 2 aliphatic heterocycles. The van der Waals surface area contributed by atoms with Crippen LogP contribution in [-0.4, -0.2) is 117 Å². The Kier molecular flexibility index (Phi) is 17.1. The summed E-state index contributed by atoms with van der Waals surface area (Å²) in [7, 11) is 0. The molecular weight excluding hydrogens is 882 g/mol. The van der Waals surface area contributed by atoms with Gasteiger partial charge in [-0.1, -0.05) is 0 Å². The van der Waals surface area contributed by atoms with Crippen LogP contribution < -0.4 is 20.1 Å². The van der Waals surface area contributed by atoms with Crippen LogP contribution in [0.2, 0.25) is 0 Å². The van der Waals surface area contributed by atoms with Crippen molar-refractivity contribution < 1.29 is 82.0 Å². The van der Waals surface area contributed by atoms with E-state index in [-0.39, 0.29) is 50.9 Å². The standard InChI is InChI=1S/2C20H26F5N3O4/c2*1-12-10-13(7-9-28(12)17(30)32-18(2,3)4)27-16(29)19(21,22)11-31-15-14(20(23,24)25)6-5-8-26-15/h2*5-6,8,12-13H,7,9-11H2,1-4H3,(H,27,29)/t2*12-,13-/m10/s1. The zero-order valence-electron chi connectivity index (χ0n) is 36.3. The van der Waals surface area contributed by atoms with E-state index in [1.165, 1.54) is 9.80 Å². The molecular formula is C40H52F10N6O8. The fourth-order valence-electron chi connectivity index (χ4n) is 6.26. The van der Waals surface area contributed by atoms with E-state index < -0.39 is 108 Å². The first-order valence-corrected chi connectivity index (χ1v) is 19.9. The number of nitrogens with one attached hydrogen (secondary N) is 2. The van der Waals surface area contributed by atoms with Crippen LogP contribution in [0.25, 0.3) is 0 Å². The maximum atomic E-state index is 14.2. The summed E-state index contributed by atoms with van der Waals surface area (Å²) in [4.78, 5) is 58.1. The van der Waals surface area contributed by atoms with Gasteiger partial charge in [-0.2, -0.15) is 43.9 Å². The van der Waals surface area contributed by atoms with Crippen LogP contribution in [0, 0.1) is 0 Å². The fraction of sp³-hybridized carbons (Fsp3) is 0.650. The highest BCUT2D eigenvalue weighted by atomic mass is 19.4. The number of nitrogens with zero attached hydrogens (tertiary/aromatic N) is 4. The molecule has 360 valence electrons. The number of hydrogen-bond acceptors (Lipinski definition) is 10. The Bertz CT molecular complexity index is 1790. The summed E-state index contributed by atoms with van der Waals surface area (Å²) in [5, 5.41) is 4.38. The largest absolute Gasteiger partial charge is 0.470 e. The van der Waals surface area contributed by atoms with E-state index in [0.717, 1.165) is 24.5 Å². The van der Waals surface area contributed by atoms with E-state index in [2.05, 4.69) is 30.1 Å². The molecule has 24 heteroatoms. The molecule has 0 radical (unpaired) electrons. The van der Waals surface area contributed by atoms with Gasteiger partial charge in [0.05, 0.1) is 0 Å². The van der Waals surface area contributed by atoms with E-state index in [9.17, 15) is 63.1 Å².